The number of ether oxygens (including phenoxy) is 1. The molecule has 0 aliphatic carbocycles. The van der Waals surface area contributed by atoms with Gasteiger partial charge in [0.2, 0.25) is 0 Å². The lowest BCUT2D eigenvalue weighted by atomic mass is 9.95. The molecule has 0 aromatic heterocycles. The van der Waals surface area contributed by atoms with Crippen molar-refractivity contribution >= 4 is 0 Å². The Morgan fingerprint density at radius 2 is 1.33 bits per heavy atom. The number of aliphatic hydroxyl groups excluding tert-OH is 2. The number of nitrogens with zero attached hydrogens (tertiary/aromatic N) is 6. The van der Waals surface area contributed by atoms with Crippen LogP contribution in [0.4, 0.5) is 0 Å². The van der Waals surface area contributed by atoms with Gasteiger partial charge in [-0.25, -0.2) is 0 Å². The Balaban J connectivity index is 2.09. The molecule has 2 N–H and O–H groups in total. The van der Waals surface area contributed by atoms with Crippen molar-refractivity contribution < 1.29 is 14.9 Å². The van der Waals surface area contributed by atoms with E-state index in [1.54, 1.807) is 24.3 Å². The van der Waals surface area contributed by atoms with Crippen LogP contribution in [0.1, 0.15) is 5.56 Å². The van der Waals surface area contributed by atoms with E-state index in [4.69, 9.17) is 15.8 Å². The zero-order valence-corrected chi connectivity index (χ0v) is 14.5. The van der Waals surface area contributed by atoms with E-state index in [0.29, 0.717) is 5.75 Å². The van der Waals surface area contributed by atoms with Crippen molar-refractivity contribution in [3.8, 4) is 5.75 Å². The lowest BCUT2D eigenvalue weighted by Crippen LogP contribution is -2.45. The highest BCUT2D eigenvalue weighted by Gasteiger charge is 2.32. The summed E-state index contributed by atoms with van der Waals surface area (Å²) in [5, 5.41) is 28.1. The Kier molecular flexibility index (Phi) is 7.96. The Labute approximate surface area is 156 Å². The molecule has 0 saturated heterocycles. The van der Waals surface area contributed by atoms with E-state index in [-0.39, 0.29) is 13.0 Å². The van der Waals surface area contributed by atoms with Gasteiger partial charge in [-0.2, -0.15) is 0 Å². The number of aliphatic hydroxyl groups is 2. The summed E-state index contributed by atoms with van der Waals surface area (Å²) in [7, 11) is 0. The van der Waals surface area contributed by atoms with Crippen LogP contribution in [0.15, 0.2) is 70.9 Å². The van der Waals surface area contributed by atoms with Crippen LogP contribution in [0.2, 0.25) is 0 Å². The number of azide groups is 2. The molecule has 0 bridgehead atoms. The Bertz CT molecular complexity index is 791. The van der Waals surface area contributed by atoms with Crippen LogP contribution < -0.4 is 4.74 Å². The summed E-state index contributed by atoms with van der Waals surface area (Å²) >= 11 is 0. The van der Waals surface area contributed by atoms with Gasteiger partial charge in [-0.05, 0) is 35.2 Å². The average molecular weight is 368 g/mol. The minimum absolute atomic E-state index is 0.138. The Morgan fingerprint density at radius 1 is 0.815 bits per heavy atom. The lowest BCUT2D eigenvalue weighted by Gasteiger charge is -2.27. The average Bonchev–Trinajstić information content (AvgIpc) is 2.71. The van der Waals surface area contributed by atoms with Gasteiger partial charge in [0.1, 0.15) is 5.75 Å². The number of rotatable bonds is 10. The number of para-hydroxylation sites is 1. The van der Waals surface area contributed by atoms with E-state index in [1.165, 1.54) is 0 Å². The SMILES string of the molecule is [N-]=[N+]=N[C@@H](COc1ccccc1)[C@@H](O)[C@H](O)[C@H](Cc1ccccc1)N=[N+]=[N-]. The van der Waals surface area contributed by atoms with Gasteiger partial charge in [-0.15, -0.1) is 0 Å². The molecule has 0 heterocycles. The van der Waals surface area contributed by atoms with Crippen LogP contribution in [-0.2, 0) is 6.42 Å². The fourth-order valence-corrected chi connectivity index (χ4v) is 2.57. The highest BCUT2D eigenvalue weighted by Crippen LogP contribution is 2.17. The van der Waals surface area contributed by atoms with E-state index in [0.717, 1.165) is 5.56 Å². The standard InChI is InChI=1S/C18H20N6O3/c19-23-21-15(11-13-7-3-1-4-8-13)17(25)18(26)16(22-24-20)12-27-14-9-5-2-6-10-14/h1-10,15-18,25-26H,11-12H2/t15-,16-,17+,18+/m0/s1. The fraction of sp³-hybridized carbons (Fsp3) is 0.333. The van der Waals surface area contributed by atoms with Gasteiger partial charge in [-0.3, -0.25) is 0 Å². The second kappa shape index (κ2) is 10.7. The molecule has 0 radical (unpaired) electrons. The van der Waals surface area contributed by atoms with Crippen molar-refractivity contribution in [1.29, 1.82) is 0 Å². The number of benzene rings is 2. The molecular formula is C18H20N6O3. The number of hydrogen-bond donors (Lipinski definition) is 2. The van der Waals surface area contributed by atoms with E-state index >= 15 is 0 Å². The molecule has 27 heavy (non-hydrogen) atoms. The normalized spacial score (nSPS) is 14.7. The van der Waals surface area contributed by atoms with E-state index in [1.807, 2.05) is 36.4 Å². The first-order valence-electron chi connectivity index (χ1n) is 8.32. The van der Waals surface area contributed by atoms with Crippen molar-refractivity contribution in [1.82, 2.24) is 0 Å². The van der Waals surface area contributed by atoms with Crippen molar-refractivity contribution in [2.24, 2.45) is 10.2 Å². The first-order valence-corrected chi connectivity index (χ1v) is 8.32. The fourth-order valence-electron chi connectivity index (χ4n) is 2.57. The highest BCUT2D eigenvalue weighted by atomic mass is 16.5. The van der Waals surface area contributed by atoms with Gasteiger partial charge in [0, 0.05) is 9.82 Å². The third kappa shape index (κ3) is 6.22. The second-order valence-corrected chi connectivity index (χ2v) is 5.84. The molecule has 2 aromatic rings. The van der Waals surface area contributed by atoms with Crippen LogP contribution in [-0.4, -0.2) is 41.1 Å². The van der Waals surface area contributed by atoms with Crippen LogP contribution in [0.25, 0.3) is 20.9 Å². The summed E-state index contributed by atoms with van der Waals surface area (Å²) in [6.07, 6.45) is -2.68. The number of hydrogen-bond acceptors (Lipinski definition) is 5. The first-order chi connectivity index (χ1) is 13.2. The van der Waals surface area contributed by atoms with Crippen LogP contribution in [0.5, 0.6) is 5.75 Å². The maximum atomic E-state index is 10.5. The van der Waals surface area contributed by atoms with Gasteiger partial charge in [0.15, 0.2) is 0 Å². The van der Waals surface area contributed by atoms with Crippen LogP contribution >= 0.6 is 0 Å². The molecule has 0 fully saturated rings. The summed E-state index contributed by atoms with van der Waals surface area (Å²) < 4.78 is 5.51. The molecule has 4 atom stereocenters. The third-order valence-electron chi connectivity index (χ3n) is 3.99. The maximum absolute atomic E-state index is 10.5. The summed E-state index contributed by atoms with van der Waals surface area (Å²) in [4.78, 5) is 5.47. The van der Waals surface area contributed by atoms with Crippen LogP contribution in [0, 0.1) is 0 Å². The van der Waals surface area contributed by atoms with E-state index < -0.39 is 24.3 Å². The van der Waals surface area contributed by atoms with Gasteiger partial charge in [0.05, 0.1) is 30.9 Å². The molecular weight excluding hydrogens is 348 g/mol. The second-order valence-electron chi connectivity index (χ2n) is 5.84. The monoisotopic (exact) mass is 368 g/mol. The zero-order chi connectivity index (χ0) is 19.5. The molecule has 0 aliphatic heterocycles. The smallest absolute Gasteiger partial charge is 0.119 e. The molecule has 0 spiro atoms. The molecule has 9 heteroatoms. The van der Waals surface area contributed by atoms with Gasteiger partial charge in [-0.1, -0.05) is 58.8 Å². The van der Waals surface area contributed by atoms with Crippen molar-refractivity contribution in [2.75, 3.05) is 6.61 Å². The Morgan fingerprint density at radius 3 is 1.93 bits per heavy atom. The van der Waals surface area contributed by atoms with E-state index in [9.17, 15) is 10.2 Å². The quantitative estimate of drug-likeness (QED) is 0.376. The molecule has 0 unspecified atom stereocenters. The largest absolute Gasteiger partial charge is 0.493 e. The van der Waals surface area contributed by atoms with Crippen molar-refractivity contribution in [3.63, 3.8) is 0 Å². The summed E-state index contributed by atoms with van der Waals surface area (Å²) in [5.41, 5.74) is 18.4. The minimum atomic E-state index is -1.47. The molecule has 0 aliphatic rings. The molecule has 140 valence electrons. The molecule has 0 saturated carbocycles. The molecule has 2 aromatic carbocycles. The molecule has 0 amide bonds. The van der Waals surface area contributed by atoms with Crippen molar-refractivity contribution in [3.05, 3.63) is 87.1 Å². The summed E-state index contributed by atoms with van der Waals surface area (Å²) in [6, 6.07) is 16.0. The van der Waals surface area contributed by atoms with Gasteiger partial charge >= 0.3 is 0 Å². The highest BCUT2D eigenvalue weighted by molar-refractivity contribution is 5.21. The maximum Gasteiger partial charge on any atom is 0.119 e. The predicted octanol–water partition coefficient (Wildman–Crippen LogP) is 3.39. The topological polar surface area (TPSA) is 147 Å². The molecule has 2 rings (SSSR count). The van der Waals surface area contributed by atoms with E-state index in [2.05, 4.69) is 20.1 Å². The first kappa shape index (κ1) is 20.1. The molecule has 9 nitrogen and oxygen atoms in total. The van der Waals surface area contributed by atoms with Gasteiger partial charge in [0.25, 0.3) is 0 Å². The summed E-state index contributed by atoms with van der Waals surface area (Å²) in [5.74, 6) is 0.535. The predicted molar refractivity (Wildman–Crippen MR) is 100.0 cm³/mol. The van der Waals surface area contributed by atoms with Gasteiger partial charge < -0.3 is 14.9 Å². The van der Waals surface area contributed by atoms with Crippen molar-refractivity contribution in [2.45, 2.75) is 30.7 Å². The third-order valence-corrected chi connectivity index (χ3v) is 3.99. The minimum Gasteiger partial charge on any atom is -0.493 e. The zero-order valence-electron chi connectivity index (χ0n) is 14.5. The van der Waals surface area contributed by atoms with Crippen LogP contribution in [0.3, 0.4) is 0 Å². The summed E-state index contributed by atoms with van der Waals surface area (Å²) in [6.45, 7) is -0.138. The Hall–Kier alpha value is -3.22. The lowest BCUT2D eigenvalue weighted by molar-refractivity contribution is -0.0173.